The largest absolute Gasteiger partial charge is 0.387 e. The molecule has 0 aromatic carbocycles. The zero-order chi connectivity index (χ0) is 39.6. The molecule has 0 heterocycles. The maximum absolute atomic E-state index is 12.6. The second-order valence-corrected chi connectivity index (χ2v) is 18.3. The van der Waals surface area contributed by atoms with Crippen molar-refractivity contribution >= 4 is 16.0 Å². The molecule has 0 aromatic rings. The Morgan fingerprint density at radius 1 is 0.481 bits per heavy atom. The Labute approximate surface area is 337 Å². The Bertz CT molecular complexity index is 908. The van der Waals surface area contributed by atoms with Gasteiger partial charge in [-0.3, -0.25) is 9.35 Å². The van der Waals surface area contributed by atoms with Gasteiger partial charge in [-0.05, 0) is 19.3 Å². The number of hydrogen-bond acceptors (Lipinski definition) is 4. The predicted molar refractivity (Wildman–Crippen MR) is 235 cm³/mol. The predicted octanol–water partition coefficient (Wildman–Crippen LogP) is 14.5. The molecule has 2 atom stereocenters. The van der Waals surface area contributed by atoms with Crippen molar-refractivity contribution in [2.24, 2.45) is 0 Å². The molecular weight excluding hydrogens is 691 g/mol. The summed E-state index contributed by atoms with van der Waals surface area (Å²) in [6.45, 7) is 4.55. The number of amides is 1. The van der Waals surface area contributed by atoms with Crippen LogP contribution in [-0.2, 0) is 14.9 Å². The van der Waals surface area contributed by atoms with Crippen molar-refractivity contribution in [3.63, 3.8) is 0 Å². The maximum Gasteiger partial charge on any atom is 0.267 e. The van der Waals surface area contributed by atoms with Gasteiger partial charge in [0.1, 0.15) is 0 Å². The number of unbranched alkanes of at least 4 members (excludes halogenated alkanes) is 36. The van der Waals surface area contributed by atoms with Crippen LogP contribution in [-0.4, -0.2) is 41.9 Å². The number of hydrogen-bond donors (Lipinski definition) is 3. The van der Waals surface area contributed by atoms with Crippen LogP contribution >= 0.6 is 0 Å². The first-order valence-corrected chi connectivity index (χ1v) is 25.5. The van der Waals surface area contributed by atoms with Gasteiger partial charge in [0, 0.05) is 6.42 Å². The third-order valence-corrected chi connectivity index (χ3v) is 12.0. The second-order valence-electron chi connectivity index (χ2n) is 16.8. The molecule has 1 amide bonds. The molecule has 0 radical (unpaired) electrons. The van der Waals surface area contributed by atoms with Gasteiger partial charge in [-0.15, -0.1) is 0 Å². The molecule has 7 heteroatoms. The lowest BCUT2D eigenvalue weighted by atomic mass is 10.0. The lowest BCUT2D eigenvalue weighted by molar-refractivity contribution is -0.122. The number of aliphatic hydroxyl groups excluding tert-OH is 1. The summed E-state index contributed by atoms with van der Waals surface area (Å²) in [7, 11) is -4.34. The summed E-state index contributed by atoms with van der Waals surface area (Å²) >= 11 is 0. The molecule has 322 valence electrons. The van der Waals surface area contributed by atoms with Crippen molar-refractivity contribution in [1.29, 1.82) is 0 Å². The van der Waals surface area contributed by atoms with Crippen molar-refractivity contribution in [1.82, 2.24) is 5.32 Å². The highest BCUT2D eigenvalue weighted by molar-refractivity contribution is 7.85. The molecule has 54 heavy (non-hydrogen) atoms. The fraction of sp³-hybridized carbons (Fsp3) is 0.936. The van der Waals surface area contributed by atoms with Crippen LogP contribution in [0.2, 0.25) is 0 Å². The van der Waals surface area contributed by atoms with Crippen LogP contribution in [0.5, 0.6) is 0 Å². The first-order chi connectivity index (χ1) is 26.3. The maximum atomic E-state index is 12.6. The lowest BCUT2D eigenvalue weighted by Gasteiger charge is -2.21. The molecule has 6 nitrogen and oxygen atoms in total. The third kappa shape index (κ3) is 42.2. The van der Waals surface area contributed by atoms with E-state index in [1.54, 1.807) is 6.08 Å². The zero-order valence-electron chi connectivity index (χ0n) is 36.1. The quantitative estimate of drug-likeness (QED) is 0.0324. The van der Waals surface area contributed by atoms with Gasteiger partial charge in [-0.25, -0.2) is 0 Å². The van der Waals surface area contributed by atoms with E-state index < -0.39 is 28.0 Å². The third-order valence-electron chi connectivity index (χ3n) is 11.2. The van der Waals surface area contributed by atoms with Gasteiger partial charge >= 0.3 is 0 Å². The Morgan fingerprint density at radius 2 is 0.759 bits per heavy atom. The molecule has 0 saturated heterocycles. The highest BCUT2D eigenvalue weighted by Gasteiger charge is 2.24. The molecule has 0 aromatic heterocycles. The fourth-order valence-corrected chi connectivity index (χ4v) is 8.36. The molecule has 2 unspecified atom stereocenters. The zero-order valence-corrected chi connectivity index (χ0v) is 36.9. The van der Waals surface area contributed by atoms with Crippen molar-refractivity contribution in [3.05, 3.63) is 12.2 Å². The Hall–Kier alpha value is -0.920. The number of carbonyl (C=O) groups excluding carboxylic acids is 1. The lowest BCUT2D eigenvalue weighted by Crippen LogP contribution is -2.46. The van der Waals surface area contributed by atoms with Gasteiger partial charge in [0.05, 0.1) is 17.9 Å². The van der Waals surface area contributed by atoms with Crippen LogP contribution in [0.4, 0.5) is 0 Å². The first-order valence-electron chi connectivity index (χ1n) is 23.9. The molecule has 0 saturated carbocycles. The minimum Gasteiger partial charge on any atom is -0.387 e. The molecule has 0 rings (SSSR count). The van der Waals surface area contributed by atoms with E-state index >= 15 is 0 Å². The fourth-order valence-electron chi connectivity index (χ4n) is 7.63. The highest BCUT2D eigenvalue weighted by atomic mass is 32.2. The van der Waals surface area contributed by atoms with E-state index in [9.17, 15) is 22.9 Å². The summed E-state index contributed by atoms with van der Waals surface area (Å²) in [5, 5.41) is 13.3. The van der Waals surface area contributed by atoms with Crippen LogP contribution < -0.4 is 5.32 Å². The minimum atomic E-state index is -4.34. The molecule has 0 fully saturated rings. The molecule has 0 aliphatic heterocycles. The standard InChI is InChI=1S/C47H93NO5S/c1-3-5-7-9-11-13-15-17-19-21-22-23-24-25-26-27-29-31-33-35-37-39-41-43-47(50)48-45(44-54(51,52)53)46(49)42-40-38-36-34-32-30-28-20-18-16-14-12-10-8-6-4-2/h40,42,45-46,49H,3-39,41,43-44H2,1-2H3,(H,48,50)(H,51,52,53)/b42-40+. The average Bonchev–Trinajstić information content (AvgIpc) is 3.14. The monoisotopic (exact) mass is 784 g/mol. The summed E-state index contributed by atoms with van der Waals surface area (Å²) in [6.07, 6.45) is 52.1. The van der Waals surface area contributed by atoms with E-state index in [0.29, 0.717) is 6.42 Å². The molecule has 0 aliphatic carbocycles. The second kappa shape index (κ2) is 41.7. The van der Waals surface area contributed by atoms with E-state index in [-0.39, 0.29) is 5.91 Å². The number of rotatable bonds is 44. The van der Waals surface area contributed by atoms with Crippen molar-refractivity contribution in [2.75, 3.05) is 5.75 Å². The summed E-state index contributed by atoms with van der Waals surface area (Å²) in [6, 6.07) is -1.05. The summed E-state index contributed by atoms with van der Waals surface area (Å²) in [5.41, 5.74) is 0. The number of nitrogens with one attached hydrogen (secondary N) is 1. The molecule has 3 N–H and O–H groups in total. The SMILES string of the molecule is CCCCCCCCCCCCCCCC/C=C/C(O)C(CS(=O)(=O)O)NC(=O)CCCCCCCCCCCCCCCCCCCCCCCCC. The molecule has 0 bridgehead atoms. The van der Waals surface area contributed by atoms with Crippen molar-refractivity contribution in [3.8, 4) is 0 Å². The van der Waals surface area contributed by atoms with Crippen LogP contribution in [0.1, 0.15) is 264 Å². The van der Waals surface area contributed by atoms with E-state index in [4.69, 9.17) is 0 Å². The smallest absolute Gasteiger partial charge is 0.267 e. The number of aliphatic hydroxyl groups is 1. The molecular formula is C47H93NO5S. The van der Waals surface area contributed by atoms with E-state index in [1.165, 1.54) is 205 Å². The topological polar surface area (TPSA) is 104 Å². The normalized spacial score (nSPS) is 13.2. The van der Waals surface area contributed by atoms with Gasteiger partial charge in [-0.1, -0.05) is 251 Å². The summed E-state index contributed by atoms with van der Waals surface area (Å²) in [4.78, 5) is 12.6. The highest BCUT2D eigenvalue weighted by Crippen LogP contribution is 2.17. The minimum absolute atomic E-state index is 0.272. The molecule has 0 aliphatic rings. The van der Waals surface area contributed by atoms with Crippen LogP contribution in [0.25, 0.3) is 0 Å². The van der Waals surface area contributed by atoms with Gasteiger partial charge in [-0.2, -0.15) is 8.42 Å². The van der Waals surface area contributed by atoms with E-state index in [1.807, 2.05) is 6.08 Å². The van der Waals surface area contributed by atoms with Crippen LogP contribution in [0, 0.1) is 0 Å². The Morgan fingerprint density at radius 3 is 1.06 bits per heavy atom. The van der Waals surface area contributed by atoms with E-state index in [0.717, 1.165) is 38.5 Å². The van der Waals surface area contributed by atoms with E-state index in [2.05, 4.69) is 19.2 Å². The van der Waals surface area contributed by atoms with Gasteiger partial charge in [0.15, 0.2) is 0 Å². The van der Waals surface area contributed by atoms with Crippen LogP contribution in [0.15, 0.2) is 12.2 Å². The van der Waals surface area contributed by atoms with Crippen molar-refractivity contribution < 1.29 is 22.9 Å². The van der Waals surface area contributed by atoms with Gasteiger partial charge < -0.3 is 10.4 Å². The van der Waals surface area contributed by atoms with Gasteiger partial charge in [0.2, 0.25) is 5.91 Å². The van der Waals surface area contributed by atoms with Crippen molar-refractivity contribution in [2.45, 2.75) is 276 Å². The average molecular weight is 784 g/mol. The Kier molecular flexibility index (Phi) is 41.0. The van der Waals surface area contributed by atoms with Crippen LogP contribution in [0.3, 0.4) is 0 Å². The molecule has 0 spiro atoms. The van der Waals surface area contributed by atoms with Gasteiger partial charge in [0.25, 0.3) is 10.1 Å². The number of allylic oxidation sites excluding steroid dienone is 1. The Balaban J connectivity index is 3.76. The number of carbonyl (C=O) groups is 1. The summed E-state index contributed by atoms with van der Waals surface area (Å²) in [5.74, 6) is -0.964. The summed E-state index contributed by atoms with van der Waals surface area (Å²) < 4.78 is 32.6. The first kappa shape index (κ1) is 53.1.